The van der Waals surface area contributed by atoms with E-state index in [9.17, 15) is 5.26 Å². The third kappa shape index (κ3) is 7.62. The highest BCUT2D eigenvalue weighted by atomic mass is 32.1. The highest BCUT2D eigenvalue weighted by Gasteiger charge is 2.44. The maximum atomic E-state index is 10.2. The van der Waals surface area contributed by atoms with Crippen LogP contribution in [0.2, 0.25) is 0 Å². The van der Waals surface area contributed by atoms with Crippen LogP contribution >= 0.6 is 11.3 Å². The quantitative estimate of drug-likeness (QED) is 0.161. The van der Waals surface area contributed by atoms with Gasteiger partial charge in [-0.05, 0) is 147 Å². The number of furan rings is 1. The summed E-state index contributed by atoms with van der Waals surface area (Å²) in [5.74, 6) is 1.61. The molecule has 0 fully saturated rings. The molecule has 2 aliphatic rings. The maximum absolute atomic E-state index is 10.2. The minimum absolute atomic E-state index is 0.0286. The molecule has 0 N–H and O–H groups in total. The Morgan fingerprint density at radius 2 is 1.07 bits per heavy atom. The van der Waals surface area contributed by atoms with Gasteiger partial charge in [-0.2, -0.15) is 5.26 Å². The first-order chi connectivity index (χ1) is 43.3. The van der Waals surface area contributed by atoms with E-state index in [1.165, 1.54) is 42.1 Å². The van der Waals surface area contributed by atoms with E-state index in [2.05, 4.69) is 286 Å². The highest BCUT2D eigenvalue weighted by Crippen LogP contribution is 2.51. The Hall–Kier alpha value is -10.6. The Bertz CT molecular complexity index is 5730. The van der Waals surface area contributed by atoms with Crippen molar-refractivity contribution in [2.45, 2.75) is 52.4 Å². The largest absolute Gasteiger partial charge is 0.458 e. The molecular formula is C81H57BN4O2S. The lowest BCUT2D eigenvalue weighted by molar-refractivity contribution is 0.487. The molecule has 0 saturated heterocycles. The van der Waals surface area contributed by atoms with Crippen LogP contribution < -0.4 is 26.0 Å². The molecule has 12 aromatic carbocycles. The molecule has 0 bridgehead atoms. The average Bonchev–Trinajstić information content (AvgIpc) is 1.44. The van der Waals surface area contributed by atoms with E-state index in [-0.39, 0.29) is 17.5 Å². The molecule has 6 nitrogen and oxygen atoms in total. The van der Waals surface area contributed by atoms with Crippen molar-refractivity contribution in [3.8, 4) is 51.2 Å². The van der Waals surface area contributed by atoms with Gasteiger partial charge in [0.25, 0.3) is 6.71 Å². The van der Waals surface area contributed by atoms with Crippen molar-refractivity contribution in [2.75, 3.05) is 4.90 Å². The fraction of sp³-hybridized carbons (Fsp3) is 0.0988. The van der Waals surface area contributed by atoms with Crippen LogP contribution in [0.25, 0.3) is 119 Å². The summed E-state index contributed by atoms with van der Waals surface area (Å²) in [6.45, 7) is 13.5. The highest BCUT2D eigenvalue weighted by molar-refractivity contribution is 7.26. The van der Waals surface area contributed by atoms with Gasteiger partial charge in [0, 0.05) is 92.4 Å². The minimum atomic E-state index is -0.225. The van der Waals surface area contributed by atoms with Gasteiger partial charge in [0.1, 0.15) is 22.7 Å². The van der Waals surface area contributed by atoms with E-state index < -0.39 is 0 Å². The van der Waals surface area contributed by atoms with Crippen molar-refractivity contribution < 1.29 is 9.15 Å². The number of hydrogen-bond donors (Lipinski definition) is 0. The monoisotopic (exact) mass is 1160 g/mol. The third-order valence-corrected chi connectivity index (χ3v) is 20.2. The Labute approximate surface area is 519 Å². The zero-order valence-electron chi connectivity index (χ0n) is 50.1. The summed E-state index contributed by atoms with van der Waals surface area (Å²) in [6.07, 6.45) is 0. The summed E-state index contributed by atoms with van der Waals surface area (Å²) in [5.41, 5.74) is 22.0. The number of fused-ring (bicyclic) bond motifs is 17. The fourth-order valence-electron chi connectivity index (χ4n) is 14.8. The number of thiophene rings is 1. The van der Waals surface area contributed by atoms with Crippen LogP contribution in [0, 0.1) is 11.3 Å². The van der Waals surface area contributed by atoms with E-state index in [0.717, 1.165) is 133 Å². The lowest BCUT2D eigenvalue weighted by Gasteiger charge is -2.41. The van der Waals surface area contributed by atoms with Crippen molar-refractivity contribution in [1.29, 1.82) is 5.26 Å². The minimum Gasteiger partial charge on any atom is -0.458 e. The number of rotatable bonds is 5. The zero-order chi connectivity index (χ0) is 59.8. The second-order valence-corrected chi connectivity index (χ2v) is 27.4. The third-order valence-electron chi connectivity index (χ3n) is 19.1. The van der Waals surface area contributed by atoms with Crippen LogP contribution in [0.4, 0.5) is 17.1 Å². The molecule has 0 atom stereocenters. The summed E-state index contributed by atoms with van der Waals surface area (Å²) >= 11 is 1.86. The molecule has 89 heavy (non-hydrogen) atoms. The number of hydrogen-bond acceptors (Lipinski definition) is 5. The summed E-state index contributed by atoms with van der Waals surface area (Å²) in [6, 6.07) is 89.1. The lowest BCUT2D eigenvalue weighted by atomic mass is 9.34. The molecule has 16 aromatic rings. The zero-order valence-corrected chi connectivity index (χ0v) is 50.9. The first-order valence-electron chi connectivity index (χ1n) is 30.7. The summed E-state index contributed by atoms with van der Waals surface area (Å²) in [4.78, 5) is 2.53. The fourth-order valence-corrected chi connectivity index (χ4v) is 16.0. The number of para-hydroxylation sites is 4. The van der Waals surface area contributed by atoms with Gasteiger partial charge in [0.15, 0.2) is 0 Å². The molecule has 0 unspecified atom stereocenters. The second-order valence-electron chi connectivity index (χ2n) is 26.3. The van der Waals surface area contributed by atoms with Gasteiger partial charge in [0.2, 0.25) is 0 Å². The second kappa shape index (κ2) is 18.7. The number of anilines is 3. The SMILES string of the molecule is CC(C)(C)c1ccc(N2c3cc(-n4c5ccccc5c5cc(C#N)ccc54)ccc3B3c4ccc(-n5c6ccccc6c6ccccc65)cc4Oc4cc(-c5cccc6c5oc5ccc7sc8cc(C(C)(C)C)ccc8c7c56)cc2c43)c(-c2ccccc2)c1. The van der Waals surface area contributed by atoms with Gasteiger partial charge in [-0.3, -0.25) is 0 Å². The van der Waals surface area contributed by atoms with E-state index in [0.29, 0.717) is 5.56 Å². The van der Waals surface area contributed by atoms with Crippen LogP contribution in [0.1, 0.15) is 58.2 Å². The molecular weight excluding hydrogens is 1100 g/mol. The van der Waals surface area contributed by atoms with Crippen molar-refractivity contribution in [3.05, 3.63) is 253 Å². The van der Waals surface area contributed by atoms with Gasteiger partial charge in [0.05, 0.1) is 39.4 Å². The molecule has 6 heterocycles. The number of aromatic nitrogens is 2. The standard InChI is InChI=1S/C81H57BN4O2S/c1-80(2,3)50-29-36-67(60(42-50)48-17-8-7-9-18-48)86-69-44-52(84-66-26-15-12-21-57(66)61-39-47(46-83)27-35-68(61)84)30-33-62(69)82-63-34-31-53(85-64-24-13-10-19-55(64)56-20-11-14-25-65(56)85)45-72(63)87-73-41-49(40-70(86)78(73)82)54-22-16-23-59-76-71(88-79(54)59)37-38-74-77(76)58-32-28-51(81(4,5)6)43-75(58)89-74/h7-45H,1-6H3. The van der Waals surface area contributed by atoms with E-state index in [4.69, 9.17) is 9.15 Å². The molecule has 18 rings (SSSR count). The predicted molar refractivity (Wildman–Crippen MR) is 374 cm³/mol. The first-order valence-corrected chi connectivity index (χ1v) is 31.5. The van der Waals surface area contributed by atoms with Gasteiger partial charge < -0.3 is 23.2 Å². The van der Waals surface area contributed by atoms with Crippen LogP contribution in [-0.2, 0) is 10.8 Å². The molecule has 0 amide bonds. The van der Waals surface area contributed by atoms with Crippen molar-refractivity contribution >= 4 is 137 Å². The van der Waals surface area contributed by atoms with Gasteiger partial charge in [-0.1, -0.05) is 175 Å². The normalized spacial score (nSPS) is 13.1. The van der Waals surface area contributed by atoms with Gasteiger partial charge >= 0.3 is 0 Å². The number of nitriles is 1. The van der Waals surface area contributed by atoms with E-state index >= 15 is 0 Å². The van der Waals surface area contributed by atoms with Crippen molar-refractivity contribution in [1.82, 2.24) is 9.13 Å². The predicted octanol–water partition coefficient (Wildman–Crippen LogP) is 20.4. The van der Waals surface area contributed by atoms with Crippen LogP contribution in [0.3, 0.4) is 0 Å². The van der Waals surface area contributed by atoms with E-state index in [1.807, 2.05) is 23.5 Å². The summed E-state index contributed by atoms with van der Waals surface area (Å²) in [5, 5.41) is 19.5. The van der Waals surface area contributed by atoms with E-state index in [1.54, 1.807) is 0 Å². The molecule has 0 spiro atoms. The van der Waals surface area contributed by atoms with Crippen molar-refractivity contribution in [2.24, 2.45) is 0 Å². The summed E-state index contributed by atoms with van der Waals surface area (Å²) < 4.78 is 22.2. The average molecular weight is 1160 g/mol. The topological polar surface area (TPSA) is 59.3 Å². The van der Waals surface area contributed by atoms with Crippen molar-refractivity contribution in [3.63, 3.8) is 0 Å². The smallest absolute Gasteiger partial charge is 0.256 e. The lowest BCUT2D eigenvalue weighted by Crippen LogP contribution is -2.59. The summed E-state index contributed by atoms with van der Waals surface area (Å²) in [7, 11) is 0. The van der Waals surface area contributed by atoms with Crippen LogP contribution in [0.5, 0.6) is 11.5 Å². The Morgan fingerprint density at radius 1 is 0.427 bits per heavy atom. The van der Waals surface area contributed by atoms with Gasteiger partial charge in [-0.25, -0.2) is 0 Å². The van der Waals surface area contributed by atoms with Gasteiger partial charge in [-0.15, -0.1) is 11.3 Å². The Balaban J connectivity index is 0.934. The van der Waals surface area contributed by atoms with Crippen LogP contribution in [0.15, 0.2) is 241 Å². The molecule has 0 aliphatic carbocycles. The first kappa shape index (κ1) is 51.6. The molecule has 8 heteroatoms. The Kier molecular flexibility index (Phi) is 10.9. The number of nitrogens with zero attached hydrogens (tertiary/aromatic N) is 4. The maximum Gasteiger partial charge on any atom is 0.256 e. The molecule has 0 saturated carbocycles. The molecule has 422 valence electrons. The molecule has 0 radical (unpaired) electrons. The Morgan fingerprint density at radius 3 is 1.79 bits per heavy atom. The molecule has 4 aromatic heterocycles. The van der Waals surface area contributed by atoms with Crippen LogP contribution in [-0.4, -0.2) is 15.8 Å². The number of ether oxygens (including phenoxy) is 1. The number of benzene rings is 12. The molecule has 2 aliphatic heterocycles.